The van der Waals surface area contributed by atoms with Crippen molar-refractivity contribution < 1.29 is 53.6 Å². The number of carbonyl (C=O) groups excluding carboxylic acids is 1. The summed E-state index contributed by atoms with van der Waals surface area (Å²) in [6.07, 6.45) is 26.3. The molecule has 0 aliphatic heterocycles. The third-order valence-electron chi connectivity index (χ3n) is 9.25. The van der Waals surface area contributed by atoms with Crippen molar-refractivity contribution in [2.45, 2.75) is 230 Å². The van der Waals surface area contributed by atoms with Crippen molar-refractivity contribution in [3.63, 3.8) is 0 Å². The molecule has 0 aromatic carbocycles. The minimum Gasteiger partial charge on any atom is -0.544 e. The van der Waals surface area contributed by atoms with Gasteiger partial charge >= 0.3 is 23.9 Å². The first kappa shape index (κ1) is 54.9. The SMILES string of the molecule is CCCCCCC(F)(F)C(F)(F)C(F)(F)C(=O)[O-].FC(F)(F)CCCCCCCCCCCCCCCCCCCCCCCCCCCO[S+](S)S. The van der Waals surface area contributed by atoms with Crippen LogP contribution in [0.3, 0.4) is 0 Å². The molecule has 0 saturated heterocycles. The molecule has 53 heavy (non-hydrogen) atoms. The first-order valence-corrected chi connectivity index (χ1v) is 23.3. The Kier molecular flexibility index (Phi) is 35.2. The fraction of sp³-hybridized carbons (Fsp3) is 0.974. The molecule has 0 saturated carbocycles. The number of rotatable bonds is 36. The summed E-state index contributed by atoms with van der Waals surface area (Å²) in [4.78, 5) is 9.82. The molecule has 15 heteroatoms. The Balaban J connectivity index is 0. The first-order chi connectivity index (χ1) is 24.9. The number of thiol groups is 2. The zero-order chi connectivity index (χ0) is 40.5. The van der Waals surface area contributed by atoms with Crippen LogP contribution in [0.15, 0.2) is 0 Å². The van der Waals surface area contributed by atoms with Crippen molar-refractivity contribution in [1.29, 1.82) is 0 Å². The fourth-order valence-corrected chi connectivity index (χ4v) is 6.63. The Morgan fingerprint density at radius 1 is 0.491 bits per heavy atom. The van der Waals surface area contributed by atoms with Gasteiger partial charge < -0.3 is 9.90 Å². The van der Waals surface area contributed by atoms with Crippen molar-refractivity contribution in [2.24, 2.45) is 0 Å². The summed E-state index contributed by atoms with van der Waals surface area (Å²) >= 11 is 8.22. The van der Waals surface area contributed by atoms with Gasteiger partial charge in [-0.3, -0.25) is 0 Å². The lowest BCUT2D eigenvalue weighted by Crippen LogP contribution is -2.61. The molecule has 0 atom stereocenters. The zero-order valence-electron chi connectivity index (χ0n) is 32.1. The lowest BCUT2D eigenvalue weighted by Gasteiger charge is -2.33. The Hall–Kier alpha value is -0.150. The largest absolute Gasteiger partial charge is 0.544 e. The van der Waals surface area contributed by atoms with Crippen molar-refractivity contribution in [3.8, 4) is 0 Å². The van der Waals surface area contributed by atoms with Crippen LogP contribution < -0.4 is 5.11 Å². The third-order valence-corrected chi connectivity index (χ3v) is 10.3. The maximum Gasteiger partial charge on any atom is 0.389 e. The molecular weight excluding hydrogens is 772 g/mol. The highest BCUT2D eigenvalue weighted by molar-refractivity contribution is 8.96. The third kappa shape index (κ3) is 32.6. The molecule has 320 valence electrons. The van der Waals surface area contributed by atoms with Gasteiger partial charge in [-0.1, -0.05) is 174 Å². The minimum absolute atomic E-state index is 0.180. The number of carboxylic acids is 1. The normalized spacial score (nSPS) is 12.7. The van der Waals surface area contributed by atoms with Gasteiger partial charge in [0.05, 0.1) is 0 Å². The second-order valence-electron chi connectivity index (χ2n) is 14.2. The van der Waals surface area contributed by atoms with Crippen molar-refractivity contribution >= 4 is 38.5 Å². The summed E-state index contributed by atoms with van der Waals surface area (Å²) in [7, 11) is -0.469. The molecule has 0 heterocycles. The van der Waals surface area contributed by atoms with Crippen LogP contribution in [0, 0.1) is 0 Å². The molecule has 0 N–H and O–H groups in total. The number of carbonyl (C=O) groups is 1. The number of hydrogen-bond donors (Lipinski definition) is 2. The highest BCUT2D eigenvalue weighted by Gasteiger charge is 2.71. The van der Waals surface area contributed by atoms with Gasteiger partial charge in [0.15, 0.2) is 0 Å². The highest BCUT2D eigenvalue weighted by atomic mass is 33.5. The average molecular weight is 841 g/mol. The van der Waals surface area contributed by atoms with E-state index in [4.69, 9.17) is 4.18 Å². The van der Waals surface area contributed by atoms with Crippen LogP contribution in [0.4, 0.5) is 39.5 Å². The Labute approximate surface area is 327 Å². The predicted octanol–water partition coefficient (Wildman–Crippen LogP) is 14.5. The summed E-state index contributed by atoms with van der Waals surface area (Å²) in [5, 5.41) is 9.82. The molecule has 0 unspecified atom stereocenters. The predicted molar refractivity (Wildman–Crippen MR) is 206 cm³/mol. The quantitative estimate of drug-likeness (QED) is 0.0217. The number of halogens is 9. The molecule has 0 aliphatic rings. The van der Waals surface area contributed by atoms with E-state index in [1.165, 1.54) is 128 Å². The molecule has 0 spiro atoms. The molecular formula is C38H69F9O3S3. The lowest BCUT2D eigenvalue weighted by molar-refractivity contribution is -0.370. The molecule has 0 aromatic heterocycles. The van der Waals surface area contributed by atoms with Gasteiger partial charge in [-0.15, -0.1) is 4.18 Å². The number of carboxylic acid groups (broad SMARTS) is 1. The van der Waals surface area contributed by atoms with E-state index in [-0.39, 0.29) is 12.8 Å². The van der Waals surface area contributed by atoms with Crippen LogP contribution >= 0.6 is 23.3 Å². The van der Waals surface area contributed by atoms with Gasteiger partial charge in [-0.25, -0.2) is 0 Å². The number of hydrogen-bond acceptors (Lipinski definition) is 5. The van der Waals surface area contributed by atoms with E-state index in [2.05, 4.69) is 23.3 Å². The van der Waals surface area contributed by atoms with Gasteiger partial charge in [0.25, 0.3) is 9.24 Å². The first-order valence-electron chi connectivity index (χ1n) is 20.1. The average Bonchev–Trinajstić information content (AvgIpc) is 3.07. The molecule has 0 radical (unpaired) electrons. The van der Waals surface area contributed by atoms with Crippen molar-refractivity contribution in [3.05, 3.63) is 0 Å². The molecule has 0 rings (SSSR count). The molecule has 0 aliphatic carbocycles. The molecule has 0 fully saturated rings. The van der Waals surface area contributed by atoms with E-state index in [1.54, 1.807) is 6.92 Å². The van der Waals surface area contributed by atoms with E-state index >= 15 is 0 Å². The van der Waals surface area contributed by atoms with E-state index in [0.717, 1.165) is 32.3 Å². The van der Waals surface area contributed by atoms with E-state index in [1.807, 2.05) is 0 Å². The van der Waals surface area contributed by atoms with E-state index < -0.39 is 52.0 Å². The molecule has 0 amide bonds. The fourth-order valence-electron chi connectivity index (χ4n) is 5.92. The van der Waals surface area contributed by atoms with Gasteiger partial charge in [-0.2, -0.15) is 39.5 Å². The second kappa shape index (κ2) is 33.9. The summed E-state index contributed by atoms with van der Waals surface area (Å²) in [6, 6.07) is 0. The smallest absolute Gasteiger partial charge is 0.389 e. The minimum atomic E-state index is -5.97. The summed E-state index contributed by atoms with van der Waals surface area (Å²) in [5.41, 5.74) is 0. The summed E-state index contributed by atoms with van der Waals surface area (Å²) in [5.74, 6) is -20.5. The van der Waals surface area contributed by atoms with Crippen LogP contribution in [0.2, 0.25) is 0 Å². The Morgan fingerprint density at radius 3 is 1.06 bits per heavy atom. The van der Waals surface area contributed by atoms with Crippen molar-refractivity contribution in [2.75, 3.05) is 6.61 Å². The van der Waals surface area contributed by atoms with Crippen LogP contribution in [0.25, 0.3) is 0 Å². The van der Waals surface area contributed by atoms with Gasteiger partial charge in [-0.05, 0) is 19.3 Å². The van der Waals surface area contributed by atoms with E-state index in [9.17, 15) is 49.4 Å². The summed E-state index contributed by atoms with van der Waals surface area (Å²) < 4.78 is 118. The maximum atomic E-state index is 13.0. The van der Waals surface area contributed by atoms with Gasteiger partial charge in [0.1, 0.15) is 35.9 Å². The molecule has 3 nitrogen and oxygen atoms in total. The summed E-state index contributed by atoms with van der Waals surface area (Å²) in [6.45, 7) is 2.54. The zero-order valence-corrected chi connectivity index (χ0v) is 34.7. The maximum absolute atomic E-state index is 13.0. The van der Waals surface area contributed by atoms with Crippen LogP contribution in [-0.2, 0) is 18.2 Å². The topological polar surface area (TPSA) is 49.4 Å². The van der Waals surface area contributed by atoms with Crippen LogP contribution in [-0.4, -0.2) is 36.5 Å². The number of alkyl halides is 9. The van der Waals surface area contributed by atoms with Crippen molar-refractivity contribution in [1.82, 2.24) is 0 Å². The standard InChI is InChI=1S/C28H56F3OS3.C10H14F6O2/c29-28(30,31)26-24-22-20-18-16-14-12-10-8-6-4-2-1-3-5-7-9-11-13-15-17-19-21-23-25-27-32-35(33)34;1-2-3-4-5-6-8(11,12)10(15,16)9(13,14)7(17)18/h33-34H,1-27H2;2-6H2,1H3,(H,17,18)/q+1;/p-1. The van der Waals surface area contributed by atoms with E-state index in [0.29, 0.717) is 19.3 Å². The number of aliphatic carboxylic acids is 1. The Morgan fingerprint density at radius 2 is 0.774 bits per heavy atom. The van der Waals surface area contributed by atoms with Gasteiger partial charge in [0, 0.05) is 12.8 Å². The number of unbranched alkanes of at least 4 members (excludes halogenated alkanes) is 27. The van der Waals surface area contributed by atoms with Crippen LogP contribution in [0.1, 0.15) is 206 Å². The monoisotopic (exact) mass is 840 g/mol. The molecule has 0 bridgehead atoms. The van der Waals surface area contributed by atoms with Gasteiger partial charge in [0.2, 0.25) is 0 Å². The van der Waals surface area contributed by atoms with Crippen LogP contribution in [0.5, 0.6) is 0 Å². The lowest BCUT2D eigenvalue weighted by atomic mass is 9.98. The molecule has 0 aromatic rings. The second-order valence-corrected chi connectivity index (χ2v) is 17.8. The Bertz CT molecular complexity index is 836. The highest BCUT2D eigenvalue weighted by Crippen LogP contribution is 2.47.